The quantitative estimate of drug-likeness (QED) is 0.290. The first-order valence-electron chi connectivity index (χ1n) is 11.6. The number of rotatable bonds is 10. The highest BCUT2D eigenvalue weighted by Gasteiger charge is 2.23. The lowest BCUT2D eigenvalue weighted by Gasteiger charge is -2.19. The molecule has 4 rings (SSSR count). The van der Waals surface area contributed by atoms with Crippen molar-refractivity contribution in [3.8, 4) is 11.3 Å². The molecule has 0 bridgehead atoms. The van der Waals surface area contributed by atoms with Crippen LogP contribution in [0.3, 0.4) is 0 Å². The Morgan fingerprint density at radius 1 is 0.971 bits per heavy atom. The monoisotopic (exact) mass is 471 g/mol. The predicted octanol–water partition coefficient (Wildman–Crippen LogP) is 5.94. The van der Waals surface area contributed by atoms with Crippen molar-refractivity contribution in [3.05, 3.63) is 100 Å². The number of hydrogen-bond acceptors (Lipinski definition) is 6. The van der Waals surface area contributed by atoms with E-state index in [-0.39, 0.29) is 5.97 Å². The van der Waals surface area contributed by atoms with Crippen molar-refractivity contribution in [1.82, 2.24) is 9.97 Å². The Morgan fingerprint density at radius 2 is 1.68 bits per heavy atom. The van der Waals surface area contributed by atoms with Crippen LogP contribution in [0.2, 0.25) is 0 Å². The van der Waals surface area contributed by atoms with Crippen LogP contribution in [0.15, 0.2) is 79.0 Å². The summed E-state index contributed by atoms with van der Waals surface area (Å²) in [5.74, 6) is 0.322. The predicted molar refractivity (Wildman–Crippen MR) is 138 cm³/mol. The molecule has 2 aromatic heterocycles. The molecule has 1 N–H and O–H groups in total. The highest BCUT2D eigenvalue weighted by atomic mass is 32.1. The van der Waals surface area contributed by atoms with Crippen LogP contribution in [0.1, 0.15) is 34.9 Å². The third-order valence-electron chi connectivity index (χ3n) is 5.48. The summed E-state index contributed by atoms with van der Waals surface area (Å²) in [5, 5.41) is 3.37. The molecular formula is C28H29N3O2S. The highest BCUT2D eigenvalue weighted by molar-refractivity contribution is 7.12. The van der Waals surface area contributed by atoms with Crippen LogP contribution in [0.5, 0.6) is 0 Å². The number of ether oxygens (including phenoxy) is 1. The molecule has 0 aliphatic rings. The van der Waals surface area contributed by atoms with E-state index in [1.165, 1.54) is 4.88 Å². The van der Waals surface area contributed by atoms with Gasteiger partial charge in [0, 0.05) is 28.2 Å². The van der Waals surface area contributed by atoms with Gasteiger partial charge in [-0.1, -0.05) is 67.6 Å². The molecule has 1 unspecified atom stereocenters. The van der Waals surface area contributed by atoms with E-state index in [1.54, 1.807) is 17.5 Å². The zero-order chi connectivity index (χ0) is 23.8. The van der Waals surface area contributed by atoms with Gasteiger partial charge in [-0.05, 0) is 31.0 Å². The standard InChI is InChI=1S/C28H29N3O2S/c1-3-22-15-16-23(34-22)18-25(28(32)33-4-2)31-27-24(17-20-11-7-5-8-12-20)30-26(19-29-27)21-13-9-6-10-14-21/h5-16,19,25H,3-4,17-18H2,1-2H3,(H,29,31). The lowest BCUT2D eigenvalue weighted by atomic mass is 10.1. The van der Waals surface area contributed by atoms with Gasteiger partial charge < -0.3 is 10.1 Å². The molecule has 0 aliphatic carbocycles. The van der Waals surface area contributed by atoms with E-state index in [4.69, 9.17) is 14.7 Å². The summed E-state index contributed by atoms with van der Waals surface area (Å²) in [5.41, 5.74) is 3.73. The van der Waals surface area contributed by atoms with Crippen LogP contribution >= 0.6 is 11.3 Å². The van der Waals surface area contributed by atoms with Crippen molar-refractivity contribution in [3.63, 3.8) is 0 Å². The Kier molecular flexibility index (Phi) is 8.04. The van der Waals surface area contributed by atoms with Gasteiger partial charge in [-0.3, -0.25) is 0 Å². The second kappa shape index (κ2) is 11.6. The van der Waals surface area contributed by atoms with Crippen LogP contribution < -0.4 is 5.32 Å². The lowest BCUT2D eigenvalue weighted by Crippen LogP contribution is -2.34. The van der Waals surface area contributed by atoms with E-state index in [0.717, 1.165) is 33.8 Å². The molecular weight excluding hydrogens is 442 g/mol. The molecule has 0 saturated carbocycles. The molecule has 2 aromatic carbocycles. The number of benzene rings is 2. The number of hydrogen-bond donors (Lipinski definition) is 1. The molecule has 0 radical (unpaired) electrons. The van der Waals surface area contributed by atoms with Crippen LogP contribution in [0.4, 0.5) is 5.82 Å². The minimum atomic E-state index is -0.547. The van der Waals surface area contributed by atoms with Crippen molar-refractivity contribution in [1.29, 1.82) is 0 Å². The summed E-state index contributed by atoms with van der Waals surface area (Å²) >= 11 is 1.73. The van der Waals surface area contributed by atoms with Gasteiger partial charge in [0.05, 0.1) is 24.2 Å². The number of carbonyl (C=O) groups is 1. The van der Waals surface area contributed by atoms with E-state index in [9.17, 15) is 4.79 Å². The van der Waals surface area contributed by atoms with E-state index < -0.39 is 6.04 Å². The fourth-order valence-corrected chi connectivity index (χ4v) is 4.74. The second-order valence-electron chi connectivity index (χ2n) is 7.95. The number of nitrogens with one attached hydrogen (secondary N) is 1. The Hall–Kier alpha value is -3.51. The van der Waals surface area contributed by atoms with E-state index in [2.05, 4.69) is 36.5 Å². The first-order chi connectivity index (χ1) is 16.7. The summed E-state index contributed by atoms with van der Waals surface area (Å²) in [4.78, 5) is 25.0. The van der Waals surface area contributed by atoms with Crippen LogP contribution in [-0.4, -0.2) is 28.6 Å². The number of carbonyl (C=O) groups excluding carboxylic acids is 1. The summed E-state index contributed by atoms with van der Waals surface area (Å²) < 4.78 is 5.39. The van der Waals surface area contributed by atoms with Crippen molar-refractivity contribution >= 4 is 23.1 Å². The zero-order valence-electron chi connectivity index (χ0n) is 19.5. The minimum Gasteiger partial charge on any atom is -0.464 e. The normalized spacial score (nSPS) is 11.7. The van der Waals surface area contributed by atoms with Crippen molar-refractivity contribution in [2.45, 2.75) is 39.2 Å². The number of aromatic nitrogens is 2. The van der Waals surface area contributed by atoms with Gasteiger partial charge in [0.1, 0.15) is 11.9 Å². The molecule has 6 heteroatoms. The lowest BCUT2D eigenvalue weighted by molar-refractivity contribution is -0.144. The number of anilines is 1. The van der Waals surface area contributed by atoms with Crippen molar-refractivity contribution in [2.24, 2.45) is 0 Å². The molecule has 0 amide bonds. The molecule has 0 saturated heterocycles. The molecule has 2 heterocycles. The SMILES string of the molecule is CCOC(=O)C(Cc1ccc(CC)s1)Nc1ncc(-c2ccccc2)nc1Cc1ccccc1. The van der Waals surface area contributed by atoms with E-state index in [1.807, 2.05) is 55.5 Å². The molecule has 0 spiro atoms. The topological polar surface area (TPSA) is 64.1 Å². The third-order valence-corrected chi connectivity index (χ3v) is 6.73. The average Bonchev–Trinajstić information content (AvgIpc) is 3.33. The first kappa shape index (κ1) is 23.6. The second-order valence-corrected chi connectivity index (χ2v) is 9.21. The maximum absolute atomic E-state index is 12.9. The summed E-state index contributed by atoms with van der Waals surface area (Å²) in [7, 11) is 0. The summed E-state index contributed by atoms with van der Waals surface area (Å²) in [6.45, 7) is 4.29. The van der Waals surface area contributed by atoms with Gasteiger partial charge in [-0.2, -0.15) is 0 Å². The molecule has 4 aromatic rings. The average molecular weight is 472 g/mol. The molecule has 0 fully saturated rings. The van der Waals surface area contributed by atoms with E-state index >= 15 is 0 Å². The molecule has 34 heavy (non-hydrogen) atoms. The Morgan fingerprint density at radius 3 is 2.35 bits per heavy atom. The summed E-state index contributed by atoms with van der Waals surface area (Å²) in [6, 6.07) is 23.8. The Balaban J connectivity index is 1.66. The van der Waals surface area contributed by atoms with Crippen LogP contribution in [0.25, 0.3) is 11.3 Å². The van der Waals surface area contributed by atoms with Gasteiger partial charge >= 0.3 is 5.97 Å². The highest BCUT2D eigenvalue weighted by Crippen LogP contribution is 2.24. The molecule has 5 nitrogen and oxygen atoms in total. The molecule has 0 aliphatic heterocycles. The van der Waals surface area contributed by atoms with Gasteiger partial charge in [-0.25, -0.2) is 14.8 Å². The largest absolute Gasteiger partial charge is 0.464 e. The fourth-order valence-electron chi connectivity index (χ4n) is 3.73. The van der Waals surface area contributed by atoms with E-state index in [0.29, 0.717) is 25.3 Å². The van der Waals surface area contributed by atoms with Crippen molar-refractivity contribution in [2.75, 3.05) is 11.9 Å². The fraction of sp³-hybridized carbons (Fsp3) is 0.250. The minimum absolute atomic E-state index is 0.284. The van der Waals surface area contributed by atoms with Gasteiger partial charge in [0.15, 0.2) is 0 Å². The maximum atomic E-state index is 12.9. The molecule has 174 valence electrons. The number of aryl methyl sites for hydroxylation is 1. The number of nitrogens with zero attached hydrogens (tertiary/aromatic N) is 2. The zero-order valence-corrected chi connectivity index (χ0v) is 20.3. The Bertz CT molecular complexity index is 1210. The third kappa shape index (κ3) is 6.08. The Labute approximate surface area is 204 Å². The van der Waals surface area contributed by atoms with Crippen LogP contribution in [-0.2, 0) is 28.8 Å². The van der Waals surface area contributed by atoms with Gasteiger partial charge in [0.2, 0.25) is 0 Å². The summed E-state index contributed by atoms with van der Waals surface area (Å²) in [6.07, 6.45) is 3.88. The van der Waals surface area contributed by atoms with Crippen LogP contribution in [0, 0.1) is 0 Å². The molecule has 1 atom stereocenters. The number of thiophene rings is 1. The smallest absolute Gasteiger partial charge is 0.328 e. The number of esters is 1. The van der Waals surface area contributed by atoms with Crippen molar-refractivity contribution < 1.29 is 9.53 Å². The van der Waals surface area contributed by atoms with Gasteiger partial charge in [0.25, 0.3) is 0 Å². The van der Waals surface area contributed by atoms with Gasteiger partial charge in [-0.15, -0.1) is 11.3 Å². The first-order valence-corrected chi connectivity index (χ1v) is 12.4. The maximum Gasteiger partial charge on any atom is 0.328 e.